The van der Waals surface area contributed by atoms with Gasteiger partial charge in [0, 0.05) is 17.8 Å². The summed E-state index contributed by atoms with van der Waals surface area (Å²) in [4.78, 5) is 8.17. The number of nitrogens with two attached hydrogens (primary N) is 1. The molecule has 88 valence electrons. The summed E-state index contributed by atoms with van der Waals surface area (Å²) in [6.07, 6.45) is 3.54. The molecule has 1 aliphatic rings. The van der Waals surface area contributed by atoms with Crippen LogP contribution in [0, 0.1) is 6.92 Å². The molecule has 0 aliphatic heterocycles. The molecule has 1 saturated carbocycles. The number of aromatic nitrogens is 2. The highest BCUT2D eigenvalue weighted by atomic mass is 16.3. The summed E-state index contributed by atoms with van der Waals surface area (Å²) in [5, 5.41) is 12.7. The largest absolute Gasteiger partial charge is 0.393 e. The Morgan fingerprint density at radius 1 is 1.31 bits per heavy atom. The molecule has 0 unspecified atom stereocenters. The average Bonchev–Trinajstić information content (AvgIpc) is 2.20. The Labute approximate surface area is 95.1 Å². The van der Waals surface area contributed by atoms with Gasteiger partial charge in [0.2, 0.25) is 5.95 Å². The van der Waals surface area contributed by atoms with Gasteiger partial charge in [0.15, 0.2) is 0 Å². The van der Waals surface area contributed by atoms with Crippen LogP contribution in [-0.2, 0) is 0 Å². The fraction of sp³-hybridized carbons (Fsp3) is 0.636. The first-order chi connectivity index (χ1) is 7.63. The van der Waals surface area contributed by atoms with Gasteiger partial charge in [0.25, 0.3) is 0 Å². The van der Waals surface area contributed by atoms with Crippen LogP contribution in [0.1, 0.15) is 31.4 Å². The van der Waals surface area contributed by atoms with E-state index in [1.807, 2.05) is 13.0 Å². The number of anilines is 2. The van der Waals surface area contributed by atoms with E-state index in [0.717, 1.165) is 37.2 Å². The van der Waals surface area contributed by atoms with Crippen LogP contribution in [0.3, 0.4) is 0 Å². The third-order valence-electron chi connectivity index (χ3n) is 2.92. The summed E-state index contributed by atoms with van der Waals surface area (Å²) < 4.78 is 0. The summed E-state index contributed by atoms with van der Waals surface area (Å²) in [5.74, 6) is 1.09. The maximum Gasteiger partial charge on any atom is 0.222 e. The zero-order chi connectivity index (χ0) is 11.5. The lowest BCUT2D eigenvalue weighted by molar-refractivity contribution is 0.126. The van der Waals surface area contributed by atoms with Crippen molar-refractivity contribution in [3.63, 3.8) is 0 Å². The van der Waals surface area contributed by atoms with Gasteiger partial charge in [-0.1, -0.05) is 0 Å². The number of nitrogens with one attached hydrogen (secondary N) is 1. The summed E-state index contributed by atoms with van der Waals surface area (Å²) in [6, 6.07) is 2.28. The molecule has 0 atom stereocenters. The second kappa shape index (κ2) is 4.65. The van der Waals surface area contributed by atoms with Gasteiger partial charge < -0.3 is 16.2 Å². The fourth-order valence-electron chi connectivity index (χ4n) is 2.09. The molecule has 1 heterocycles. The first-order valence-electron chi connectivity index (χ1n) is 5.69. The highest BCUT2D eigenvalue weighted by molar-refractivity contribution is 5.41. The summed E-state index contributed by atoms with van der Waals surface area (Å²) in [7, 11) is 0. The molecule has 0 spiro atoms. The molecule has 5 heteroatoms. The summed E-state index contributed by atoms with van der Waals surface area (Å²) in [5.41, 5.74) is 6.45. The molecule has 0 aromatic carbocycles. The SMILES string of the molecule is Cc1cc(NC2CCC(O)CC2)nc(N)n1. The topological polar surface area (TPSA) is 84.1 Å². The third kappa shape index (κ3) is 2.82. The normalized spacial score (nSPS) is 25.4. The Hall–Kier alpha value is -1.36. The number of aryl methyl sites for hydroxylation is 1. The van der Waals surface area contributed by atoms with E-state index in [9.17, 15) is 5.11 Å². The van der Waals surface area contributed by atoms with Gasteiger partial charge in [0.05, 0.1) is 6.10 Å². The molecule has 1 aromatic heterocycles. The van der Waals surface area contributed by atoms with Crippen molar-refractivity contribution >= 4 is 11.8 Å². The van der Waals surface area contributed by atoms with E-state index >= 15 is 0 Å². The van der Waals surface area contributed by atoms with Gasteiger partial charge in [0.1, 0.15) is 5.82 Å². The molecule has 2 rings (SSSR count). The van der Waals surface area contributed by atoms with Crippen LogP contribution in [-0.4, -0.2) is 27.2 Å². The van der Waals surface area contributed by atoms with Crippen molar-refractivity contribution in [2.75, 3.05) is 11.1 Å². The van der Waals surface area contributed by atoms with E-state index in [2.05, 4.69) is 15.3 Å². The van der Waals surface area contributed by atoms with Crippen LogP contribution in [0.4, 0.5) is 11.8 Å². The predicted octanol–water partition coefficient (Wildman–Crippen LogP) is 1.08. The highest BCUT2D eigenvalue weighted by Crippen LogP contribution is 2.21. The first-order valence-corrected chi connectivity index (χ1v) is 5.69. The van der Waals surface area contributed by atoms with Gasteiger partial charge in [-0.15, -0.1) is 0 Å². The number of rotatable bonds is 2. The monoisotopic (exact) mass is 222 g/mol. The molecule has 1 fully saturated rings. The minimum atomic E-state index is -0.129. The first kappa shape index (κ1) is 11.1. The number of aliphatic hydroxyl groups excluding tert-OH is 1. The number of hydrogen-bond acceptors (Lipinski definition) is 5. The van der Waals surface area contributed by atoms with Gasteiger partial charge in [-0.2, -0.15) is 4.98 Å². The molecule has 1 aliphatic carbocycles. The van der Waals surface area contributed by atoms with E-state index in [4.69, 9.17) is 5.73 Å². The number of hydrogen-bond donors (Lipinski definition) is 3. The van der Waals surface area contributed by atoms with Crippen LogP contribution in [0.2, 0.25) is 0 Å². The van der Waals surface area contributed by atoms with E-state index < -0.39 is 0 Å². The summed E-state index contributed by atoms with van der Waals surface area (Å²) in [6.45, 7) is 1.90. The van der Waals surface area contributed by atoms with Crippen LogP contribution in [0.5, 0.6) is 0 Å². The van der Waals surface area contributed by atoms with Crippen LogP contribution < -0.4 is 11.1 Å². The molecule has 0 bridgehead atoms. The Morgan fingerprint density at radius 3 is 2.62 bits per heavy atom. The third-order valence-corrected chi connectivity index (χ3v) is 2.92. The molecule has 4 N–H and O–H groups in total. The van der Waals surface area contributed by atoms with Crippen molar-refractivity contribution in [1.29, 1.82) is 0 Å². The maximum atomic E-state index is 9.41. The molecule has 16 heavy (non-hydrogen) atoms. The molecular weight excluding hydrogens is 204 g/mol. The zero-order valence-electron chi connectivity index (χ0n) is 9.48. The van der Waals surface area contributed by atoms with Gasteiger partial charge in [-0.25, -0.2) is 4.98 Å². The van der Waals surface area contributed by atoms with Crippen molar-refractivity contribution < 1.29 is 5.11 Å². The maximum absolute atomic E-state index is 9.41. The van der Waals surface area contributed by atoms with Crippen molar-refractivity contribution in [3.8, 4) is 0 Å². The lowest BCUT2D eigenvalue weighted by Gasteiger charge is -2.26. The fourth-order valence-corrected chi connectivity index (χ4v) is 2.09. The Morgan fingerprint density at radius 2 is 2.00 bits per heavy atom. The lowest BCUT2D eigenvalue weighted by atomic mass is 9.93. The van der Waals surface area contributed by atoms with E-state index in [1.165, 1.54) is 0 Å². The molecular formula is C11H18N4O. The van der Waals surface area contributed by atoms with Crippen molar-refractivity contribution in [2.24, 2.45) is 0 Å². The van der Waals surface area contributed by atoms with Gasteiger partial charge in [-0.3, -0.25) is 0 Å². The Balaban J connectivity index is 1.98. The van der Waals surface area contributed by atoms with Crippen LogP contribution >= 0.6 is 0 Å². The molecule has 5 nitrogen and oxygen atoms in total. The molecule has 0 saturated heterocycles. The predicted molar refractivity (Wildman–Crippen MR) is 63.1 cm³/mol. The van der Waals surface area contributed by atoms with Crippen molar-refractivity contribution in [1.82, 2.24) is 9.97 Å². The van der Waals surface area contributed by atoms with E-state index in [1.54, 1.807) is 0 Å². The minimum absolute atomic E-state index is 0.129. The van der Waals surface area contributed by atoms with Crippen LogP contribution in [0.25, 0.3) is 0 Å². The second-order valence-corrected chi connectivity index (χ2v) is 4.40. The van der Waals surface area contributed by atoms with E-state index in [0.29, 0.717) is 12.0 Å². The smallest absolute Gasteiger partial charge is 0.222 e. The highest BCUT2D eigenvalue weighted by Gasteiger charge is 2.19. The minimum Gasteiger partial charge on any atom is -0.393 e. The Bertz CT molecular complexity index is 341. The average molecular weight is 222 g/mol. The number of aliphatic hydroxyl groups is 1. The quantitative estimate of drug-likeness (QED) is 0.697. The lowest BCUT2D eigenvalue weighted by Crippen LogP contribution is -2.28. The molecule has 0 radical (unpaired) electrons. The standard InChI is InChI=1S/C11H18N4O/c1-7-6-10(15-11(12)13-7)14-8-2-4-9(16)5-3-8/h6,8-9,16H,2-5H2,1H3,(H3,12,13,14,15). The van der Waals surface area contributed by atoms with Gasteiger partial charge in [-0.05, 0) is 32.6 Å². The number of nitrogens with zero attached hydrogens (tertiary/aromatic N) is 2. The van der Waals surface area contributed by atoms with Crippen LogP contribution in [0.15, 0.2) is 6.07 Å². The molecule has 0 amide bonds. The number of nitrogen functional groups attached to an aromatic ring is 1. The Kier molecular flexibility index (Phi) is 3.24. The summed E-state index contributed by atoms with van der Waals surface area (Å²) >= 11 is 0. The van der Waals surface area contributed by atoms with Crippen molar-refractivity contribution in [2.45, 2.75) is 44.8 Å². The van der Waals surface area contributed by atoms with Crippen molar-refractivity contribution in [3.05, 3.63) is 11.8 Å². The van der Waals surface area contributed by atoms with Gasteiger partial charge >= 0.3 is 0 Å². The zero-order valence-corrected chi connectivity index (χ0v) is 9.48. The molecule has 1 aromatic rings. The van der Waals surface area contributed by atoms with E-state index in [-0.39, 0.29) is 6.10 Å². The second-order valence-electron chi connectivity index (χ2n) is 4.40.